The van der Waals surface area contributed by atoms with E-state index in [0.717, 1.165) is 67.5 Å². The van der Waals surface area contributed by atoms with Gasteiger partial charge in [-0.2, -0.15) is 0 Å². The number of carbonyl (C=O) groups is 1. The largest absolute Gasteiger partial charge is 0.465 e. The first kappa shape index (κ1) is 28.7. The van der Waals surface area contributed by atoms with E-state index in [4.69, 9.17) is 16.3 Å². The molecule has 208 valence electrons. The SMILES string of the molecule is CC1(C)Cc2c(-c3ccccc3)c(-c3ccc(Cl)cc3)c(CC(=O)OCCCCCCCCO[N+](=O)[O-])n2C1. The number of nitrogens with zero attached hydrogens (tertiary/aromatic N) is 2. The summed E-state index contributed by atoms with van der Waals surface area (Å²) in [6.07, 6.45) is 6.44. The zero-order valence-electron chi connectivity index (χ0n) is 22.8. The number of benzene rings is 2. The van der Waals surface area contributed by atoms with Crippen molar-refractivity contribution in [2.75, 3.05) is 13.2 Å². The predicted octanol–water partition coefficient (Wildman–Crippen LogP) is 7.69. The number of fused-ring (bicyclic) bond motifs is 1. The van der Waals surface area contributed by atoms with Crippen molar-refractivity contribution >= 4 is 17.6 Å². The highest BCUT2D eigenvalue weighted by atomic mass is 35.5. The number of esters is 1. The Kier molecular flexibility index (Phi) is 9.68. The molecule has 0 fully saturated rings. The summed E-state index contributed by atoms with van der Waals surface area (Å²) >= 11 is 6.22. The Morgan fingerprint density at radius 2 is 1.54 bits per heavy atom. The molecule has 0 radical (unpaired) electrons. The normalized spacial score (nSPS) is 13.7. The molecule has 0 unspecified atom stereocenters. The van der Waals surface area contributed by atoms with Gasteiger partial charge in [-0.15, -0.1) is 10.1 Å². The van der Waals surface area contributed by atoms with E-state index >= 15 is 0 Å². The topological polar surface area (TPSA) is 83.6 Å². The second kappa shape index (κ2) is 13.2. The Bertz CT molecular complexity index is 1270. The summed E-state index contributed by atoms with van der Waals surface area (Å²) < 4.78 is 8.03. The van der Waals surface area contributed by atoms with Crippen LogP contribution in [-0.4, -0.2) is 28.8 Å². The Hall–Kier alpha value is -3.32. The van der Waals surface area contributed by atoms with Gasteiger partial charge in [0.05, 0.1) is 19.6 Å². The van der Waals surface area contributed by atoms with Crippen molar-refractivity contribution in [3.05, 3.63) is 81.1 Å². The minimum atomic E-state index is -0.752. The molecule has 0 N–H and O–H groups in total. The zero-order chi connectivity index (χ0) is 27.8. The van der Waals surface area contributed by atoms with Crippen molar-refractivity contribution in [1.82, 2.24) is 4.57 Å². The second-order valence-electron chi connectivity index (χ2n) is 11.0. The van der Waals surface area contributed by atoms with Crippen LogP contribution in [-0.2, 0) is 33.8 Å². The van der Waals surface area contributed by atoms with Crippen molar-refractivity contribution in [3.8, 4) is 22.3 Å². The number of aromatic nitrogens is 1. The molecule has 1 aliphatic heterocycles. The molecule has 7 nitrogen and oxygen atoms in total. The highest BCUT2D eigenvalue weighted by Crippen LogP contribution is 2.47. The van der Waals surface area contributed by atoms with Gasteiger partial charge in [0, 0.05) is 34.1 Å². The monoisotopic (exact) mass is 552 g/mol. The number of hydrogen-bond donors (Lipinski definition) is 0. The third-order valence-corrected chi connectivity index (χ3v) is 7.47. The lowest BCUT2D eigenvalue weighted by atomic mass is 9.86. The summed E-state index contributed by atoms with van der Waals surface area (Å²) in [5.41, 5.74) is 6.83. The van der Waals surface area contributed by atoms with E-state index in [0.29, 0.717) is 18.1 Å². The number of ether oxygens (including phenoxy) is 1. The predicted molar refractivity (Wildman–Crippen MR) is 153 cm³/mol. The lowest BCUT2D eigenvalue weighted by Gasteiger charge is -2.19. The Labute approximate surface area is 235 Å². The van der Waals surface area contributed by atoms with E-state index in [-0.39, 0.29) is 24.4 Å². The molecule has 39 heavy (non-hydrogen) atoms. The van der Waals surface area contributed by atoms with E-state index in [1.165, 1.54) is 11.3 Å². The third-order valence-electron chi connectivity index (χ3n) is 7.22. The summed E-state index contributed by atoms with van der Waals surface area (Å²) in [5.74, 6) is -0.216. The van der Waals surface area contributed by atoms with Crippen LogP contribution in [0.1, 0.15) is 63.8 Å². The lowest BCUT2D eigenvalue weighted by molar-refractivity contribution is -0.757. The van der Waals surface area contributed by atoms with Gasteiger partial charge >= 0.3 is 5.97 Å². The minimum Gasteiger partial charge on any atom is -0.465 e. The molecular weight excluding hydrogens is 516 g/mol. The fourth-order valence-electron chi connectivity index (χ4n) is 5.48. The van der Waals surface area contributed by atoms with Gasteiger partial charge in [0.25, 0.3) is 5.09 Å². The highest BCUT2D eigenvalue weighted by Gasteiger charge is 2.36. The maximum atomic E-state index is 13.1. The van der Waals surface area contributed by atoms with Gasteiger partial charge in [0.1, 0.15) is 0 Å². The minimum absolute atomic E-state index is 0.103. The summed E-state index contributed by atoms with van der Waals surface area (Å²) in [5, 5.41) is 10.1. The highest BCUT2D eigenvalue weighted by molar-refractivity contribution is 6.30. The van der Waals surface area contributed by atoms with Crippen LogP contribution < -0.4 is 0 Å². The molecule has 2 heterocycles. The van der Waals surface area contributed by atoms with Crippen LogP contribution in [0.5, 0.6) is 0 Å². The molecule has 0 spiro atoms. The molecule has 0 amide bonds. The van der Waals surface area contributed by atoms with Gasteiger partial charge in [-0.05, 0) is 47.9 Å². The molecule has 0 saturated heterocycles. The van der Waals surface area contributed by atoms with E-state index in [1.807, 2.05) is 30.3 Å². The zero-order valence-corrected chi connectivity index (χ0v) is 23.5. The van der Waals surface area contributed by atoms with E-state index < -0.39 is 5.09 Å². The second-order valence-corrected chi connectivity index (χ2v) is 11.5. The van der Waals surface area contributed by atoms with Crippen molar-refractivity contribution in [3.63, 3.8) is 0 Å². The van der Waals surface area contributed by atoms with E-state index in [1.54, 1.807) is 0 Å². The Balaban J connectivity index is 1.45. The van der Waals surface area contributed by atoms with Crippen LogP contribution in [0.25, 0.3) is 22.3 Å². The maximum absolute atomic E-state index is 13.1. The van der Waals surface area contributed by atoms with Crippen LogP contribution in [0.2, 0.25) is 5.02 Å². The average molecular weight is 553 g/mol. The molecule has 4 rings (SSSR count). The first-order valence-electron chi connectivity index (χ1n) is 13.7. The fraction of sp³-hybridized carbons (Fsp3) is 0.452. The number of hydrogen-bond acceptors (Lipinski definition) is 5. The molecule has 0 saturated carbocycles. The molecule has 1 aromatic heterocycles. The van der Waals surface area contributed by atoms with Crippen LogP contribution in [0.3, 0.4) is 0 Å². The standard InChI is InChI=1S/C31H37ClN2O5/c1-31(2)21-27-30(23-12-8-7-9-13-23)29(24-14-16-25(32)17-15-24)26(33(27)22-31)20-28(35)38-18-10-5-3-4-6-11-19-39-34(36)37/h7-9,12-17H,3-6,10-11,18-22H2,1-2H3. The van der Waals surface area contributed by atoms with Crippen LogP contribution in [0.15, 0.2) is 54.6 Å². The molecular formula is C31H37ClN2O5. The summed E-state index contributed by atoms with van der Waals surface area (Å²) in [6.45, 7) is 5.94. The van der Waals surface area contributed by atoms with Gasteiger partial charge in [-0.3, -0.25) is 4.79 Å². The smallest absolute Gasteiger partial charge is 0.311 e. The Morgan fingerprint density at radius 3 is 2.21 bits per heavy atom. The lowest BCUT2D eigenvalue weighted by Crippen LogP contribution is -2.17. The van der Waals surface area contributed by atoms with Gasteiger partial charge < -0.3 is 14.1 Å². The van der Waals surface area contributed by atoms with Crippen LogP contribution in [0.4, 0.5) is 0 Å². The average Bonchev–Trinajstić information content (AvgIpc) is 3.36. The van der Waals surface area contributed by atoms with E-state index in [9.17, 15) is 14.9 Å². The van der Waals surface area contributed by atoms with Gasteiger partial charge in [0.2, 0.25) is 0 Å². The van der Waals surface area contributed by atoms with E-state index in [2.05, 4.69) is 47.5 Å². The Morgan fingerprint density at radius 1 is 0.923 bits per heavy atom. The number of rotatable bonds is 14. The van der Waals surface area contributed by atoms with Crippen LogP contribution in [0, 0.1) is 15.5 Å². The number of carbonyl (C=O) groups excluding carboxylic acids is 1. The first-order valence-corrected chi connectivity index (χ1v) is 14.1. The molecule has 8 heteroatoms. The number of halogens is 1. The number of unbranched alkanes of at least 4 members (excludes halogenated alkanes) is 5. The summed E-state index contributed by atoms with van der Waals surface area (Å²) in [7, 11) is 0. The third kappa shape index (κ3) is 7.63. The molecule has 0 atom stereocenters. The molecule has 1 aliphatic rings. The van der Waals surface area contributed by atoms with Crippen molar-refractivity contribution in [2.45, 2.75) is 71.8 Å². The first-order chi connectivity index (χ1) is 18.7. The van der Waals surface area contributed by atoms with Crippen LogP contribution >= 0.6 is 11.6 Å². The van der Waals surface area contributed by atoms with Gasteiger partial charge in [-0.25, -0.2) is 0 Å². The molecule has 2 aromatic carbocycles. The van der Waals surface area contributed by atoms with Crippen molar-refractivity contribution in [1.29, 1.82) is 0 Å². The van der Waals surface area contributed by atoms with Crippen molar-refractivity contribution < 1.29 is 19.5 Å². The maximum Gasteiger partial charge on any atom is 0.311 e. The van der Waals surface area contributed by atoms with Gasteiger partial charge in [-0.1, -0.05) is 93.6 Å². The fourth-order valence-corrected chi connectivity index (χ4v) is 5.61. The molecule has 0 bridgehead atoms. The molecule has 0 aliphatic carbocycles. The quantitative estimate of drug-likeness (QED) is 0.0885. The van der Waals surface area contributed by atoms with Gasteiger partial charge in [0.15, 0.2) is 0 Å². The summed E-state index contributed by atoms with van der Waals surface area (Å²) in [6, 6.07) is 18.3. The molecule has 3 aromatic rings. The van der Waals surface area contributed by atoms with Crippen molar-refractivity contribution in [2.24, 2.45) is 5.41 Å². The summed E-state index contributed by atoms with van der Waals surface area (Å²) in [4.78, 5) is 27.6.